The van der Waals surface area contributed by atoms with Crippen LogP contribution in [0.2, 0.25) is 0 Å². The Balaban J connectivity index is 2.74. The summed E-state index contributed by atoms with van der Waals surface area (Å²) in [5.41, 5.74) is 3.04. The summed E-state index contributed by atoms with van der Waals surface area (Å²) in [4.78, 5) is 25.6. The minimum absolute atomic E-state index is 0.0590. The molecule has 1 N–H and O–H groups in total. The van der Waals surface area contributed by atoms with Crippen molar-refractivity contribution in [1.82, 2.24) is 4.90 Å². The zero-order chi connectivity index (χ0) is 16.7. The molecular weight excluding hydrogens is 276 g/mol. The molecule has 0 bridgehead atoms. The Bertz CT molecular complexity index is 524. The van der Waals surface area contributed by atoms with Crippen LogP contribution in [0.4, 0.5) is 5.69 Å². The molecule has 122 valence electrons. The second-order valence-electron chi connectivity index (χ2n) is 6.13. The quantitative estimate of drug-likeness (QED) is 0.839. The Labute approximate surface area is 133 Å². The SMILES string of the molecule is CCc1cccc(C)c1NC(=O)CN(CCC(C)C)C(C)=O. The van der Waals surface area contributed by atoms with Gasteiger partial charge in [-0.15, -0.1) is 0 Å². The van der Waals surface area contributed by atoms with Crippen LogP contribution in [0, 0.1) is 12.8 Å². The summed E-state index contributed by atoms with van der Waals surface area (Å²) in [7, 11) is 0. The number of anilines is 1. The predicted molar refractivity (Wildman–Crippen MR) is 90.9 cm³/mol. The average Bonchev–Trinajstić information content (AvgIpc) is 2.45. The number of nitrogens with zero attached hydrogens (tertiary/aromatic N) is 1. The highest BCUT2D eigenvalue weighted by Gasteiger charge is 2.15. The van der Waals surface area contributed by atoms with Gasteiger partial charge in [-0.25, -0.2) is 0 Å². The Morgan fingerprint density at radius 2 is 1.95 bits per heavy atom. The van der Waals surface area contributed by atoms with Gasteiger partial charge in [-0.1, -0.05) is 39.0 Å². The Hall–Kier alpha value is -1.84. The van der Waals surface area contributed by atoms with E-state index in [0.717, 1.165) is 29.7 Å². The molecule has 0 saturated heterocycles. The van der Waals surface area contributed by atoms with Gasteiger partial charge < -0.3 is 10.2 Å². The number of para-hydroxylation sites is 1. The fourth-order valence-electron chi connectivity index (χ4n) is 2.32. The number of carbonyl (C=O) groups excluding carboxylic acids is 2. The largest absolute Gasteiger partial charge is 0.334 e. The summed E-state index contributed by atoms with van der Waals surface area (Å²) in [6.45, 7) is 10.5. The molecule has 0 radical (unpaired) electrons. The zero-order valence-corrected chi connectivity index (χ0v) is 14.4. The van der Waals surface area contributed by atoms with Crippen LogP contribution in [0.25, 0.3) is 0 Å². The fraction of sp³-hybridized carbons (Fsp3) is 0.556. The van der Waals surface area contributed by atoms with Gasteiger partial charge in [-0.05, 0) is 36.8 Å². The Morgan fingerprint density at radius 3 is 2.50 bits per heavy atom. The van der Waals surface area contributed by atoms with Gasteiger partial charge in [0.05, 0.1) is 6.54 Å². The van der Waals surface area contributed by atoms with Crippen LogP contribution in [0.15, 0.2) is 18.2 Å². The number of benzene rings is 1. The van der Waals surface area contributed by atoms with Crippen molar-refractivity contribution in [2.45, 2.75) is 47.5 Å². The van der Waals surface area contributed by atoms with Crippen molar-refractivity contribution >= 4 is 17.5 Å². The molecule has 1 rings (SSSR count). The monoisotopic (exact) mass is 304 g/mol. The molecule has 0 aliphatic heterocycles. The molecule has 0 aromatic heterocycles. The highest BCUT2D eigenvalue weighted by molar-refractivity contribution is 5.95. The van der Waals surface area contributed by atoms with Crippen LogP contribution in [-0.2, 0) is 16.0 Å². The van der Waals surface area contributed by atoms with E-state index in [1.165, 1.54) is 6.92 Å². The van der Waals surface area contributed by atoms with Gasteiger partial charge in [0.2, 0.25) is 11.8 Å². The van der Waals surface area contributed by atoms with E-state index in [9.17, 15) is 9.59 Å². The summed E-state index contributed by atoms with van der Waals surface area (Å²) in [5.74, 6) is 0.312. The first-order chi connectivity index (χ1) is 10.3. The molecule has 0 fully saturated rings. The number of hydrogen-bond donors (Lipinski definition) is 1. The first-order valence-corrected chi connectivity index (χ1v) is 7.99. The van der Waals surface area contributed by atoms with E-state index in [1.54, 1.807) is 4.90 Å². The summed E-state index contributed by atoms with van der Waals surface area (Å²) >= 11 is 0. The molecule has 0 aliphatic rings. The van der Waals surface area contributed by atoms with Crippen LogP contribution < -0.4 is 5.32 Å². The summed E-state index contributed by atoms with van der Waals surface area (Å²) < 4.78 is 0. The summed E-state index contributed by atoms with van der Waals surface area (Å²) in [5, 5.41) is 2.97. The molecule has 4 nitrogen and oxygen atoms in total. The van der Waals surface area contributed by atoms with E-state index >= 15 is 0 Å². The second kappa shape index (κ2) is 8.57. The van der Waals surface area contributed by atoms with Crippen LogP contribution >= 0.6 is 0 Å². The third-order valence-corrected chi connectivity index (χ3v) is 3.76. The normalized spacial score (nSPS) is 10.6. The lowest BCUT2D eigenvalue weighted by Gasteiger charge is -2.22. The number of aryl methyl sites for hydroxylation is 2. The smallest absolute Gasteiger partial charge is 0.244 e. The minimum atomic E-state index is -0.136. The second-order valence-corrected chi connectivity index (χ2v) is 6.13. The number of rotatable bonds is 7. The molecule has 22 heavy (non-hydrogen) atoms. The van der Waals surface area contributed by atoms with Crippen molar-refractivity contribution in [1.29, 1.82) is 0 Å². The molecule has 1 aromatic rings. The number of carbonyl (C=O) groups is 2. The average molecular weight is 304 g/mol. The number of nitrogens with one attached hydrogen (secondary N) is 1. The van der Waals surface area contributed by atoms with Crippen molar-refractivity contribution < 1.29 is 9.59 Å². The molecule has 0 unspecified atom stereocenters. The number of amides is 2. The maximum atomic E-state index is 12.3. The third kappa shape index (κ3) is 5.51. The van der Waals surface area contributed by atoms with Crippen LogP contribution in [0.5, 0.6) is 0 Å². The molecule has 0 spiro atoms. The van der Waals surface area contributed by atoms with Crippen molar-refractivity contribution in [2.75, 3.05) is 18.4 Å². The van der Waals surface area contributed by atoms with Crippen molar-refractivity contribution in [2.24, 2.45) is 5.92 Å². The first-order valence-electron chi connectivity index (χ1n) is 7.99. The van der Waals surface area contributed by atoms with E-state index in [-0.39, 0.29) is 18.4 Å². The highest BCUT2D eigenvalue weighted by atomic mass is 16.2. The van der Waals surface area contributed by atoms with Gasteiger partial charge in [0.1, 0.15) is 0 Å². The van der Waals surface area contributed by atoms with Crippen LogP contribution in [-0.4, -0.2) is 29.8 Å². The lowest BCUT2D eigenvalue weighted by atomic mass is 10.1. The van der Waals surface area contributed by atoms with Gasteiger partial charge in [-0.2, -0.15) is 0 Å². The van der Waals surface area contributed by atoms with E-state index in [4.69, 9.17) is 0 Å². The van der Waals surface area contributed by atoms with Crippen molar-refractivity contribution in [3.05, 3.63) is 29.3 Å². The predicted octanol–water partition coefficient (Wildman–Crippen LogP) is 3.39. The molecule has 0 aliphatic carbocycles. The maximum Gasteiger partial charge on any atom is 0.244 e. The van der Waals surface area contributed by atoms with Crippen LogP contribution in [0.1, 0.15) is 45.2 Å². The lowest BCUT2D eigenvalue weighted by Crippen LogP contribution is -2.37. The standard InChI is InChI=1S/C18H28N2O2/c1-6-16-9-7-8-14(4)18(16)19-17(22)12-20(15(5)21)11-10-13(2)3/h7-9,13H,6,10-12H2,1-5H3,(H,19,22). The van der Waals surface area contributed by atoms with E-state index < -0.39 is 0 Å². The Morgan fingerprint density at radius 1 is 1.27 bits per heavy atom. The van der Waals surface area contributed by atoms with Gasteiger partial charge in [0.25, 0.3) is 0 Å². The van der Waals surface area contributed by atoms with Crippen molar-refractivity contribution in [3.63, 3.8) is 0 Å². The molecular formula is C18H28N2O2. The van der Waals surface area contributed by atoms with Gasteiger partial charge in [0, 0.05) is 19.2 Å². The summed E-state index contributed by atoms with van der Waals surface area (Å²) in [6, 6.07) is 5.99. The zero-order valence-electron chi connectivity index (χ0n) is 14.4. The molecule has 0 atom stereocenters. The molecule has 1 aromatic carbocycles. The molecule has 2 amide bonds. The molecule has 0 saturated carbocycles. The third-order valence-electron chi connectivity index (χ3n) is 3.76. The fourth-order valence-corrected chi connectivity index (χ4v) is 2.32. The summed E-state index contributed by atoms with van der Waals surface area (Å²) in [6.07, 6.45) is 1.76. The lowest BCUT2D eigenvalue weighted by molar-refractivity contribution is -0.132. The Kier molecular flexibility index (Phi) is 7.09. The molecule has 0 heterocycles. The van der Waals surface area contributed by atoms with E-state index in [2.05, 4.69) is 26.1 Å². The van der Waals surface area contributed by atoms with Crippen molar-refractivity contribution in [3.8, 4) is 0 Å². The van der Waals surface area contributed by atoms with Gasteiger partial charge in [-0.3, -0.25) is 9.59 Å². The minimum Gasteiger partial charge on any atom is -0.334 e. The first kappa shape index (κ1) is 18.2. The van der Waals surface area contributed by atoms with Crippen LogP contribution in [0.3, 0.4) is 0 Å². The molecule has 4 heteroatoms. The van der Waals surface area contributed by atoms with E-state index in [1.807, 2.05) is 25.1 Å². The van der Waals surface area contributed by atoms with Gasteiger partial charge in [0.15, 0.2) is 0 Å². The van der Waals surface area contributed by atoms with Gasteiger partial charge >= 0.3 is 0 Å². The van der Waals surface area contributed by atoms with E-state index in [0.29, 0.717) is 12.5 Å². The highest BCUT2D eigenvalue weighted by Crippen LogP contribution is 2.21. The topological polar surface area (TPSA) is 49.4 Å². The number of hydrogen-bond acceptors (Lipinski definition) is 2. The maximum absolute atomic E-state index is 12.3.